The number of hydrogen-bond donors (Lipinski definition) is 0. The Morgan fingerprint density at radius 3 is 0.976 bits per heavy atom. The quantitative estimate of drug-likeness (QED) is 0.126. The zero-order valence-electron chi connectivity index (χ0n) is 46.6. The van der Waals surface area contributed by atoms with Crippen LogP contribution in [0.25, 0.3) is 89.6 Å². The lowest BCUT2D eigenvalue weighted by Gasteiger charge is -2.29. The maximum absolute atomic E-state index is 2.44. The molecule has 0 aliphatic heterocycles. The number of nitrogens with zero attached hydrogens (tertiary/aromatic N) is 2. The molecule has 0 atom stereocenters. The summed E-state index contributed by atoms with van der Waals surface area (Å²) in [5.74, 6) is 0. The highest BCUT2D eigenvalue weighted by molar-refractivity contribution is 6.03. The van der Waals surface area contributed by atoms with Crippen LogP contribution in [0.5, 0.6) is 0 Å². The molecule has 13 aromatic rings. The standard InChI is InChI=1S/C80H60N2/c1-79(2)73-47-55(35-43-69(73)71-45-41-65(51-75(71)79)81(63-39-37-57-15-5-7-19-61(57)49-63)77-25-13-21-59-17-9-11-23-67(59)77)33-31-53-27-29-54(30-28-53)32-34-56-36-44-70-72-46-42-66(52-76(72)80(3,4)74(70)48-56)82(64-40-38-58-16-6-8-20-62(58)50-64)78-26-14-22-60-18-10-12-24-68(60)78/h5-52H,1-4H3/b33-31+,34-32+. The summed E-state index contributed by atoms with van der Waals surface area (Å²) in [5, 5.41) is 9.83. The Balaban J connectivity index is 0.672. The minimum atomic E-state index is -0.201. The van der Waals surface area contributed by atoms with Crippen LogP contribution in [0, 0.1) is 0 Å². The van der Waals surface area contributed by atoms with Crippen LogP contribution in [0.1, 0.15) is 72.2 Å². The lowest BCUT2D eigenvalue weighted by molar-refractivity contribution is 0.660. The predicted octanol–water partition coefficient (Wildman–Crippen LogP) is 22.2. The summed E-state index contributed by atoms with van der Waals surface area (Å²) in [6, 6.07) is 98.7. The van der Waals surface area contributed by atoms with Gasteiger partial charge in [0.15, 0.2) is 0 Å². The van der Waals surface area contributed by atoms with E-state index in [4.69, 9.17) is 0 Å². The first-order valence-corrected chi connectivity index (χ1v) is 28.7. The molecule has 0 N–H and O–H groups in total. The van der Waals surface area contributed by atoms with Crippen molar-refractivity contribution in [2.75, 3.05) is 9.80 Å². The fourth-order valence-corrected chi connectivity index (χ4v) is 13.4. The van der Waals surface area contributed by atoms with E-state index in [-0.39, 0.29) is 10.8 Å². The van der Waals surface area contributed by atoms with Crippen LogP contribution in [0.4, 0.5) is 34.1 Å². The van der Waals surface area contributed by atoms with Gasteiger partial charge in [0, 0.05) is 44.4 Å². The number of anilines is 6. The molecule has 2 aliphatic rings. The number of rotatable bonds is 10. The lowest BCUT2D eigenvalue weighted by atomic mass is 9.81. The van der Waals surface area contributed by atoms with E-state index in [1.807, 2.05) is 0 Å². The van der Waals surface area contributed by atoms with Crippen molar-refractivity contribution in [3.63, 3.8) is 0 Å². The Labute approximate surface area is 480 Å². The van der Waals surface area contributed by atoms with Crippen LogP contribution >= 0.6 is 0 Å². The SMILES string of the molecule is CC1(C)c2cc(/C=C/c3ccc(/C=C/c4ccc5c(c4)C(C)(C)c4cc(N(c6ccc7ccccc7c6)c6cccc7ccccc67)ccc4-5)cc3)ccc2-c2ccc(N(c3ccc4ccccc4c3)c3cccc4ccccc34)cc21. The molecule has 2 aliphatic carbocycles. The third kappa shape index (κ3) is 8.33. The third-order valence-electron chi connectivity index (χ3n) is 17.8. The molecule has 0 amide bonds. The molecule has 0 heterocycles. The Morgan fingerprint density at radius 1 is 0.244 bits per heavy atom. The van der Waals surface area contributed by atoms with Gasteiger partial charge < -0.3 is 9.80 Å². The van der Waals surface area contributed by atoms with E-state index in [9.17, 15) is 0 Å². The summed E-state index contributed by atoms with van der Waals surface area (Å²) in [4.78, 5) is 4.89. The molecular formula is C80H60N2. The van der Waals surface area contributed by atoms with Gasteiger partial charge >= 0.3 is 0 Å². The maximum atomic E-state index is 2.44. The van der Waals surface area contributed by atoms with Gasteiger partial charge in [-0.1, -0.05) is 258 Å². The highest BCUT2D eigenvalue weighted by Crippen LogP contribution is 2.54. The molecule has 82 heavy (non-hydrogen) atoms. The second-order valence-corrected chi connectivity index (χ2v) is 23.4. The van der Waals surface area contributed by atoms with Gasteiger partial charge in [-0.15, -0.1) is 0 Å². The molecule has 0 saturated carbocycles. The molecule has 0 radical (unpaired) electrons. The van der Waals surface area contributed by atoms with E-state index in [2.05, 4.69) is 329 Å². The largest absolute Gasteiger partial charge is 0.310 e. The van der Waals surface area contributed by atoms with Gasteiger partial charge in [-0.2, -0.15) is 0 Å². The van der Waals surface area contributed by atoms with E-state index >= 15 is 0 Å². The van der Waals surface area contributed by atoms with E-state index in [1.165, 1.54) is 121 Å². The second kappa shape index (κ2) is 19.4. The van der Waals surface area contributed by atoms with Gasteiger partial charge in [0.2, 0.25) is 0 Å². The Hall–Kier alpha value is -10.0. The zero-order chi connectivity index (χ0) is 55.1. The van der Waals surface area contributed by atoms with Crippen LogP contribution in [0.15, 0.2) is 267 Å². The molecule has 2 heteroatoms. The summed E-state index contributed by atoms with van der Waals surface area (Å²) < 4.78 is 0. The van der Waals surface area contributed by atoms with Crippen molar-refractivity contribution < 1.29 is 0 Å². The van der Waals surface area contributed by atoms with Gasteiger partial charge in [-0.05, 0) is 160 Å². The maximum Gasteiger partial charge on any atom is 0.0540 e. The molecule has 13 aromatic carbocycles. The second-order valence-electron chi connectivity index (χ2n) is 23.4. The summed E-state index contributed by atoms with van der Waals surface area (Å²) in [6.45, 7) is 9.53. The third-order valence-corrected chi connectivity index (χ3v) is 17.8. The topological polar surface area (TPSA) is 6.48 Å². The Bertz CT molecular complexity index is 4450. The average Bonchev–Trinajstić information content (AvgIpc) is 3.45. The summed E-state index contributed by atoms with van der Waals surface area (Å²) in [7, 11) is 0. The van der Waals surface area contributed by atoms with Crippen molar-refractivity contribution in [2.24, 2.45) is 0 Å². The molecular weight excluding hydrogens is 989 g/mol. The first kappa shape index (κ1) is 49.1. The number of hydrogen-bond acceptors (Lipinski definition) is 2. The van der Waals surface area contributed by atoms with Crippen LogP contribution in [0.2, 0.25) is 0 Å². The van der Waals surface area contributed by atoms with Crippen LogP contribution in [0.3, 0.4) is 0 Å². The molecule has 15 rings (SSSR count). The zero-order valence-corrected chi connectivity index (χ0v) is 46.6. The summed E-state index contributed by atoms with van der Waals surface area (Å²) in [5.41, 5.74) is 21.9. The first-order chi connectivity index (χ1) is 40.1. The highest BCUT2D eigenvalue weighted by Gasteiger charge is 2.38. The van der Waals surface area contributed by atoms with Crippen molar-refractivity contribution in [2.45, 2.75) is 38.5 Å². The normalized spacial score (nSPS) is 13.7. The Morgan fingerprint density at radius 2 is 0.549 bits per heavy atom. The summed E-state index contributed by atoms with van der Waals surface area (Å²) >= 11 is 0. The molecule has 0 fully saturated rings. The van der Waals surface area contributed by atoms with Crippen molar-refractivity contribution in [1.82, 2.24) is 0 Å². The van der Waals surface area contributed by atoms with Gasteiger partial charge in [0.1, 0.15) is 0 Å². The van der Waals surface area contributed by atoms with E-state index in [1.54, 1.807) is 0 Å². The molecule has 0 spiro atoms. The molecule has 0 unspecified atom stereocenters. The minimum absolute atomic E-state index is 0.201. The van der Waals surface area contributed by atoms with Gasteiger partial charge in [0.25, 0.3) is 0 Å². The van der Waals surface area contributed by atoms with Gasteiger partial charge in [-0.25, -0.2) is 0 Å². The average molecular weight is 1050 g/mol. The Kier molecular flexibility index (Phi) is 11.6. The molecule has 0 saturated heterocycles. The van der Waals surface area contributed by atoms with Crippen LogP contribution < -0.4 is 9.80 Å². The van der Waals surface area contributed by atoms with Crippen molar-refractivity contribution >= 4 is 102 Å². The van der Waals surface area contributed by atoms with Crippen molar-refractivity contribution in [1.29, 1.82) is 0 Å². The van der Waals surface area contributed by atoms with E-state index in [0.717, 1.165) is 22.7 Å². The highest BCUT2D eigenvalue weighted by atomic mass is 15.1. The van der Waals surface area contributed by atoms with Crippen molar-refractivity contribution in [3.8, 4) is 22.3 Å². The smallest absolute Gasteiger partial charge is 0.0540 e. The molecule has 2 nitrogen and oxygen atoms in total. The monoisotopic (exact) mass is 1050 g/mol. The predicted molar refractivity (Wildman–Crippen MR) is 352 cm³/mol. The van der Waals surface area contributed by atoms with Crippen LogP contribution in [-0.2, 0) is 10.8 Å². The molecule has 0 bridgehead atoms. The van der Waals surface area contributed by atoms with Crippen molar-refractivity contribution in [3.05, 3.63) is 311 Å². The number of fused-ring (bicyclic) bond motifs is 10. The fraction of sp³-hybridized carbons (Fsp3) is 0.0750. The minimum Gasteiger partial charge on any atom is -0.310 e. The van der Waals surface area contributed by atoms with E-state index < -0.39 is 0 Å². The lowest BCUT2D eigenvalue weighted by Crippen LogP contribution is -2.17. The summed E-state index contributed by atoms with van der Waals surface area (Å²) in [6.07, 6.45) is 9.00. The van der Waals surface area contributed by atoms with Gasteiger partial charge in [-0.3, -0.25) is 0 Å². The van der Waals surface area contributed by atoms with Crippen LogP contribution in [-0.4, -0.2) is 0 Å². The fourth-order valence-electron chi connectivity index (χ4n) is 13.4. The number of benzene rings is 13. The van der Waals surface area contributed by atoms with E-state index in [0.29, 0.717) is 0 Å². The molecule has 0 aromatic heterocycles. The van der Waals surface area contributed by atoms with Gasteiger partial charge in [0.05, 0.1) is 11.4 Å². The molecule has 390 valence electrons. The first-order valence-electron chi connectivity index (χ1n) is 28.7.